The average molecular weight is 272 g/mol. The van der Waals surface area contributed by atoms with Gasteiger partial charge in [0, 0.05) is 18.6 Å². The first-order chi connectivity index (χ1) is 9.79. The number of nitrogens with zero attached hydrogens (tertiary/aromatic N) is 1. The fraction of sp³-hybridized carbons (Fsp3) is 0.667. The fourth-order valence-corrected chi connectivity index (χ4v) is 4.21. The number of fused-ring (bicyclic) bond motifs is 1. The maximum atomic E-state index is 3.62. The number of hydrogen-bond acceptors (Lipinski definition) is 2. The molecule has 1 aliphatic heterocycles. The second-order valence-electron chi connectivity index (χ2n) is 6.67. The van der Waals surface area contributed by atoms with Gasteiger partial charge in [0.2, 0.25) is 0 Å². The van der Waals surface area contributed by atoms with Crippen molar-refractivity contribution < 1.29 is 0 Å². The molecule has 0 bridgehead atoms. The van der Waals surface area contributed by atoms with Gasteiger partial charge in [0.15, 0.2) is 0 Å². The lowest BCUT2D eigenvalue weighted by molar-refractivity contribution is 0.0996. The van der Waals surface area contributed by atoms with E-state index in [0.29, 0.717) is 12.1 Å². The molecule has 3 atom stereocenters. The predicted molar refractivity (Wildman–Crippen MR) is 84.9 cm³/mol. The van der Waals surface area contributed by atoms with Gasteiger partial charge in [-0.1, -0.05) is 31.2 Å². The van der Waals surface area contributed by atoms with E-state index in [4.69, 9.17) is 0 Å². The number of rotatable bonds is 2. The summed E-state index contributed by atoms with van der Waals surface area (Å²) in [6.07, 6.45) is 6.67. The zero-order valence-corrected chi connectivity index (χ0v) is 12.9. The summed E-state index contributed by atoms with van der Waals surface area (Å²) in [5.41, 5.74) is 3.09. The van der Waals surface area contributed by atoms with E-state index in [1.165, 1.54) is 50.8 Å². The minimum absolute atomic E-state index is 0.499. The van der Waals surface area contributed by atoms with Crippen LogP contribution in [0.15, 0.2) is 24.3 Å². The van der Waals surface area contributed by atoms with Crippen molar-refractivity contribution in [1.29, 1.82) is 0 Å². The molecule has 1 aromatic rings. The lowest BCUT2D eigenvalue weighted by atomic mass is 9.92. The summed E-state index contributed by atoms with van der Waals surface area (Å²) in [5.74, 6) is 0.861. The third-order valence-electron chi connectivity index (χ3n) is 5.19. The number of hydrogen-bond donors (Lipinski definition) is 1. The molecule has 1 fully saturated rings. The third kappa shape index (κ3) is 2.77. The van der Waals surface area contributed by atoms with Crippen LogP contribution in [0.1, 0.15) is 49.8 Å². The Bertz CT molecular complexity index is 443. The van der Waals surface area contributed by atoms with E-state index < -0.39 is 0 Å². The van der Waals surface area contributed by atoms with Gasteiger partial charge in [-0.25, -0.2) is 0 Å². The number of benzene rings is 1. The highest BCUT2D eigenvalue weighted by Crippen LogP contribution is 2.33. The van der Waals surface area contributed by atoms with Crippen LogP contribution in [0, 0.1) is 5.92 Å². The molecule has 3 unspecified atom stereocenters. The Morgan fingerprint density at radius 1 is 1.15 bits per heavy atom. The van der Waals surface area contributed by atoms with Crippen LogP contribution >= 0.6 is 0 Å². The summed E-state index contributed by atoms with van der Waals surface area (Å²) < 4.78 is 0. The Morgan fingerprint density at radius 2 is 2.00 bits per heavy atom. The van der Waals surface area contributed by atoms with Crippen molar-refractivity contribution in [3.63, 3.8) is 0 Å². The van der Waals surface area contributed by atoms with Crippen molar-refractivity contribution in [2.24, 2.45) is 5.92 Å². The monoisotopic (exact) mass is 272 g/mol. The molecular formula is C18H28N2. The van der Waals surface area contributed by atoms with Crippen LogP contribution in [0.25, 0.3) is 0 Å². The Labute approximate surface area is 123 Å². The molecule has 110 valence electrons. The molecule has 1 aromatic carbocycles. The maximum absolute atomic E-state index is 3.62. The molecule has 20 heavy (non-hydrogen) atoms. The second-order valence-corrected chi connectivity index (χ2v) is 6.67. The standard InChI is InChI=1S/C18H28N2/c1-14-7-6-12-20(13-14)17-11-5-9-15-8-3-4-10-16(15)18(17)19-2/h3-4,8,10,14,17-19H,5-7,9,11-13H2,1-2H3. The normalized spacial score (nSPS) is 31.6. The van der Waals surface area contributed by atoms with Gasteiger partial charge in [-0.15, -0.1) is 0 Å². The topological polar surface area (TPSA) is 15.3 Å². The first-order valence-corrected chi connectivity index (χ1v) is 8.28. The molecule has 0 saturated carbocycles. The van der Waals surface area contributed by atoms with E-state index in [0.717, 1.165) is 5.92 Å². The highest BCUT2D eigenvalue weighted by atomic mass is 15.2. The smallest absolute Gasteiger partial charge is 0.0478 e. The zero-order chi connectivity index (χ0) is 13.9. The molecule has 2 nitrogen and oxygen atoms in total. The van der Waals surface area contributed by atoms with Gasteiger partial charge in [-0.3, -0.25) is 4.90 Å². The molecule has 1 N–H and O–H groups in total. The van der Waals surface area contributed by atoms with Crippen molar-refractivity contribution in [3.8, 4) is 0 Å². The van der Waals surface area contributed by atoms with Crippen LogP contribution in [0.5, 0.6) is 0 Å². The van der Waals surface area contributed by atoms with Gasteiger partial charge < -0.3 is 5.32 Å². The molecule has 1 saturated heterocycles. The molecule has 0 spiro atoms. The molecule has 0 aromatic heterocycles. The van der Waals surface area contributed by atoms with E-state index >= 15 is 0 Å². The maximum Gasteiger partial charge on any atom is 0.0478 e. The van der Waals surface area contributed by atoms with E-state index in [9.17, 15) is 0 Å². The van der Waals surface area contributed by atoms with Crippen LogP contribution in [-0.2, 0) is 6.42 Å². The molecule has 2 aliphatic rings. The highest BCUT2D eigenvalue weighted by molar-refractivity contribution is 5.32. The van der Waals surface area contributed by atoms with Crippen LogP contribution < -0.4 is 5.32 Å². The average Bonchev–Trinajstić information content (AvgIpc) is 2.66. The Balaban J connectivity index is 1.87. The number of nitrogens with one attached hydrogen (secondary N) is 1. The summed E-state index contributed by atoms with van der Waals surface area (Å²) in [7, 11) is 2.13. The molecular weight excluding hydrogens is 244 g/mol. The van der Waals surface area contributed by atoms with Crippen molar-refractivity contribution in [1.82, 2.24) is 10.2 Å². The molecule has 3 rings (SSSR count). The lowest BCUT2D eigenvalue weighted by Crippen LogP contribution is -2.47. The molecule has 1 heterocycles. The summed E-state index contributed by atoms with van der Waals surface area (Å²) in [5, 5.41) is 3.62. The highest BCUT2D eigenvalue weighted by Gasteiger charge is 2.32. The summed E-state index contributed by atoms with van der Waals surface area (Å²) in [6, 6.07) is 10.2. The van der Waals surface area contributed by atoms with Crippen LogP contribution in [0.2, 0.25) is 0 Å². The summed E-state index contributed by atoms with van der Waals surface area (Å²) in [6.45, 7) is 4.98. The van der Waals surface area contributed by atoms with Gasteiger partial charge in [0.25, 0.3) is 0 Å². The van der Waals surface area contributed by atoms with E-state index in [1.54, 1.807) is 5.56 Å². The first-order valence-electron chi connectivity index (χ1n) is 8.28. The Hall–Kier alpha value is -0.860. The van der Waals surface area contributed by atoms with Crippen molar-refractivity contribution in [2.75, 3.05) is 20.1 Å². The second kappa shape index (κ2) is 6.28. The van der Waals surface area contributed by atoms with Crippen molar-refractivity contribution in [3.05, 3.63) is 35.4 Å². The van der Waals surface area contributed by atoms with E-state index in [2.05, 4.69) is 48.5 Å². The van der Waals surface area contributed by atoms with Crippen LogP contribution in [-0.4, -0.2) is 31.1 Å². The first kappa shape index (κ1) is 14.1. The van der Waals surface area contributed by atoms with Gasteiger partial charge in [-0.05, 0) is 62.7 Å². The van der Waals surface area contributed by atoms with Gasteiger partial charge in [-0.2, -0.15) is 0 Å². The van der Waals surface area contributed by atoms with Crippen LogP contribution in [0.4, 0.5) is 0 Å². The van der Waals surface area contributed by atoms with Gasteiger partial charge in [0.05, 0.1) is 0 Å². The van der Waals surface area contributed by atoms with Gasteiger partial charge in [0.1, 0.15) is 0 Å². The number of aryl methyl sites for hydroxylation is 1. The quantitative estimate of drug-likeness (QED) is 0.830. The Morgan fingerprint density at radius 3 is 2.80 bits per heavy atom. The molecule has 0 radical (unpaired) electrons. The molecule has 0 amide bonds. The largest absolute Gasteiger partial charge is 0.312 e. The number of piperidine rings is 1. The molecule has 1 aliphatic carbocycles. The van der Waals surface area contributed by atoms with Crippen molar-refractivity contribution >= 4 is 0 Å². The summed E-state index contributed by atoms with van der Waals surface area (Å²) >= 11 is 0. The minimum atomic E-state index is 0.499. The number of likely N-dealkylation sites (tertiary alicyclic amines) is 1. The predicted octanol–water partition coefficient (Wildman–Crippen LogP) is 3.38. The molecule has 2 heteroatoms. The zero-order valence-electron chi connectivity index (χ0n) is 12.9. The fourth-order valence-electron chi connectivity index (χ4n) is 4.21. The summed E-state index contributed by atoms with van der Waals surface area (Å²) in [4.78, 5) is 2.76. The van der Waals surface area contributed by atoms with E-state index in [-0.39, 0.29) is 0 Å². The van der Waals surface area contributed by atoms with E-state index in [1.807, 2.05) is 0 Å². The van der Waals surface area contributed by atoms with Gasteiger partial charge >= 0.3 is 0 Å². The lowest BCUT2D eigenvalue weighted by Gasteiger charge is -2.41. The minimum Gasteiger partial charge on any atom is -0.312 e. The Kier molecular flexibility index (Phi) is 4.42. The number of likely N-dealkylation sites (N-methyl/N-ethyl adjacent to an activating group) is 1. The van der Waals surface area contributed by atoms with Crippen LogP contribution in [0.3, 0.4) is 0 Å². The SMILES string of the molecule is CNC1c2ccccc2CCCC1N1CCCC(C)C1. The van der Waals surface area contributed by atoms with Crippen molar-refractivity contribution in [2.45, 2.75) is 51.1 Å². The third-order valence-corrected chi connectivity index (χ3v) is 5.19.